The molecule has 1 amide bonds. The van der Waals surface area contributed by atoms with Gasteiger partial charge in [-0.2, -0.15) is 0 Å². The number of hydrogen-bond acceptors (Lipinski definition) is 2. The Balaban J connectivity index is 2.69. The first-order valence-electron chi connectivity index (χ1n) is 7.46. The maximum absolute atomic E-state index is 12.1. The first-order valence-corrected chi connectivity index (χ1v) is 7.46. The number of rotatable bonds is 8. The molecule has 1 aromatic carbocycles. The second-order valence-electron chi connectivity index (χ2n) is 5.89. The van der Waals surface area contributed by atoms with Crippen LogP contribution in [0.3, 0.4) is 0 Å². The zero-order chi connectivity index (χ0) is 15.8. The summed E-state index contributed by atoms with van der Waals surface area (Å²) in [6.07, 6.45) is 0.912. The van der Waals surface area contributed by atoms with Crippen molar-refractivity contribution in [3.63, 3.8) is 0 Å². The molecule has 21 heavy (non-hydrogen) atoms. The molecule has 2 unspecified atom stereocenters. The number of hydrogen-bond donors (Lipinski definition) is 2. The third-order valence-electron chi connectivity index (χ3n) is 3.83. The van der Waals surface area contributed by atoms with Crippen LogP contribution in [-0.2, 0) is 9.59 Å². The molecule has 0 fully saturated rings. The minimum atomic E-state index is -0.847. The average Bonchev–Trinajstić information content (AvgIpc) is 2.44. The van der Waals surface area contributed by atoms with E-state index in [0.717, 1.165) is 5.56 Å². The summed E-state index contributed by atoms with van der Waals surface area (Å²) in [7, 11) is 0. The third-order valence-corrected chi connectivity index (χ3v) is 3.83. The molecule has 1 aromatic rings. The van der Waals surface area contributed by atoms with Gasteiger partial charge < -0.3 is 10.4 Å². The van der Waals surface area contributed by atoms with Crippen molar-refractivity contribution in [1.82, 2.24) is 5.32 Å². The molecule has 2 N–H and O–H groups in total. The number of nitrogens with one attached hydrogen (secondary N) is 1. The molecular formula is C17H25NO3. The van der Waals surface area contributed by atoms with E-state index in [9.17, 15) is 9.59 Å². The predicted octanol–water partition coefficient (Wildman–Crippen LogP) is 3.39. The highest BCUT2D eigenvalue weighted by atomic mass is 16.4. The van der Waals surface area contributed by atoms with Crippen molar-refractivity contribution in [3.8, 4) is 0 Å². The lowest BCUT2D eigenvalue weighted by Gasteiger charge is -2.21. The van der Waals surface area contributed by atoms with Crippen LogP contribution in [0.1, 0.15) is 51.6 Å². The number of carboxylic acids is 1. The predicted molar refractivity (Wildman–Crippen MR) is 82.8 cm³/mol. The number of benzene rings is 1. The largest absolute Gasteiger partial charge is 0.481 e. The van der Waals surface area contributed by atoms with Crippen molar-refractivity contribution >= 4 is 11.9 Å². The quantitative estimate of drug-likeness (QED) is 0.771. The van der Waals surface area contributed by atoms with Crippen molar-refractivity contribution in [3.05, 3.63) is 35.9 Å². The molecule has 4 heteroatoms. The van der Waals surface area contributed by atoms with Gasteiger partial charge in [-0.25, -0.2) is 0 Å². The zero-order valence-electron chi connectivity index (χ0n) is 13.0. The molecule has 0 aliphatic carbocycles. The number of carboxylic acid groups (broad SMARTS) is 1. The maximum Gasteiger partial charge on any atom is 0.303 e. The number of carbonyl (C=O) groups excluding carboxylic acids is 1. The molecule has 0 heterocycles. The van der Waals surface area contributed by atoms with Gasteiger partial charge in [0.2, 0.25) is 5.91 Å². The van der Waals surface area contributed by atoms with Gasteiger partial charge in [-0.3, -0.25) is 9.59 Å². The summed E-state index contributed by atoms with van der Waals surface area (Å²) in [5.74, 6) is -0.109. The molecule has 0 spiro atoms. The molecular weight excluding hydrogens is 266 g/mol. The van der Waals surface area contributed by atoms with Gasteiger partial charge in [-0.15, -0.1) is 0 Å². The summed E-state index contributed by atoms with van der Waals surface area (Å²) in [5.41, 5.74) is 0.948. The van der Waals surface area contributed by atoms with Crippen molar-refractivity contribution in [2.24, 2.45) is 11.8 Å². The second kappa shape index (κ2) is 8.45. The molecule has 2 atom stereocenters. The van der Waals surface area contributed by atoms with E-state index in [4.69, 9.17) is 5.11 Å². The van der Waals surface area contributed by atoms with Crippen LogP contribution < -0.4 is 5.32 Å². The van der Waals surface area contributed by atoms with E-state index < -0.39 is 5.97 Å². The number of amides is 1. The third kappa shape index (κ3) is 6.43. The normalized spacial score (nSPS) is 13.7. The summed E-state index contributed by atoms with van der Waals surface area (Å²) in [6.45, 7) is 6.24. The molecule has 0 aromatic heterocycles. The van der Waals surface area contributed by atoms with E-state index in [-0.39, 0.29) is 18.4 Å². The molecule has 0 bridgehead atoms. The van der Waals surface area contributed by atoms with Crippen LogP contribution in [0.5, 0.6) is 0 Å². The van der Waals surface area contributed by atoms with Gasteiger partial charge in [0.1, 0.15) is 0 Å². The van der Waals surface area contributed by atoms with Gasteiger partial charge in [0.05, 0.1) is 6.04 Å². The highest BCUT2D eigenvalue weighted by Gasteiger charge is 2.18. The monoisotopic (exact) mass is 291 g/mol. The fraction of sp³-hybridized carbons (Fsp3) is 0.529. The average molecular weight is 291 g/mol. The fourth-order valence-corrected chi connectivity index (χ4v) is 2.06. The van der Waals surface area contributed by atoms with Gasteiger partial charge in [0, 0.05) is 12.8 Å². The summed E-state index contributed by atoms with van der Waals surface area (Å²) in [6, 6.07) is 9.28. The van der Waals surface area contributed by atoms with Gasteiger partial charge in [-0.05, 0) is 23.8 Å². The van der Waals surface area contributed by atoms with Crippen LogP contribution in [0.4, 0.5) is 0 Å². The molecule has 0 radical (unpaired) electrons. The molecule has 0 aliphatic rings. The Morgan fingerprint density at radius 1 is 1.14 bits per heavy atom. The minimum absolute atomic E-state index is 0.0181. The standard InChI is InChI=1S/C17H25NO3/c1-12(2)13(3)11-16(19)18-15(9-10-17(20)21)14-7-5-4-6-8-14/h4-8,12-13,15H,9-11H2,1-3H3,(H,18,19)(H,20,21). The Morgan fingerprint density at radius 3 is 2.29 bits per heavy atom. The Labute approximate surface area is 126 Å². The molecule has 1 rings (SSSR count). The summed E-state index contributed by atoms with van der Waals surface area (Å²) in [4.78, 5) is 22.9. The first-order chi connectivity index (χ1) is 9.90. The molecule has 0 aliphatic heterocycles. The molecule has 4 nitrogen and oxygen atoms in total. The Morgan fingerprint density at radius 2 is 1.76 bits per heavy atom. The molecule has 0 saturated carbocycles. The zero-order valence-corrected chi connectivity index (χ0v) is 13.0. The lowest BCUT2D eigenvalue weighted by molar-refractivity contribution is -0.137. The fourth-order valence-electron chi connectivity index (χ4n) is 2.06. The Hall–Kier alpha value is -1.84. The van der Waals surface area contributed by atoms with Crippen molar-refractivity contribution in [2.45, 2.75) is 46.1 Å². The van der Waals surface area contributed by atoms with Crippen LogP contribution in [0, 0.1) is 11.8 Å². The number of aliphatic carboxylic acids is 1. The Bertz CT molecular complexity index is 456. The summed E-state index contributed by atoms with van der Waals surface area (Å²) >= 11 is 0. The second-order valence-corrected chi connectivity index (χ2v) is 5.89. The van der Waals surface area contributed by atoms with Crippen LogP contribution in [0.25, 0.3) is 0 Å². The maximum atomic E-state index is 12.1. The van der Waals surface area contributed by atoms with Crippen molar-refractivity contribution < 1.29 is 14.7 Å². The molecule has 0 saturated heterocycles. The van der Waals surface area contributed by atoms with Gasteiger partial charge in [-0.1, -0.05) is 51.1 Å². The van der Waals surface area contributed by atoms with Gasteiger partial charge in [0.25, 0.3) is 0 Å². The smallest absolute Gasteiger partial charge is 0.303 e. The summed E-state index contributed by atoms with van der Waals surface area (Å²) in [5, 5.41) is 11.8. The van der Waals surface area contributed by atoms with E-state index in [2.05, 4.69) is 26.1 Å². The summed E-state index contributed by atoms with van der Waals surface area (Å²) < 4.78 is 0. The van der Waals surface area contributed by atoms with Gasteiger partial charge >= 0.3 is 5.97 Å². The minimum Gasteiger partial charge on any atom is -0.481 e. The van der Waals surface area contributed by atoms with Crippen LogP contribution >= 0.6 is 0 Å². The van der Waals surface area contributed by atoms with Crippen LogP contribution in [-0.4, -0.2) is 17.0 Å². The van der Waals surface area contributed by atoms with E-state index in [1.54, 1.807) is 0 Å². The Kier molecular flexibility index (Phi) is 6.92. The lowest BCUT2D eigenvalue weighted by Crippen LogP contribution is -2.30. The number of carbonyl (C=O) groups is 2. The SMILES string of the molecule is CC(C)C(C)CC(=O)NC(CCC(=O)O)c1ccccc1. The highest BCUT2D eigenvalue weighted by Crippen LogP contribution is 2.20. The van der Waals surface area contributed by atoms with Crippen molar-refractivity contribution in [1.29, 1.82) is 0 Å². The van der Waals surface area contributed by atoms with Gasteiger partial charge in [0.15, 0.2) is 0 Å². The van der Waals surface area contributed by atoms with Crippen LogP contribution in [0.15, 0.2) is 30.3 Å². The lowest BCUT2D eigenvalue weighted by atomic mass is 9.94. The highest BCUT2D eigenvalue weighted by molar-refractivity contribution is 5.76. The van der Waals surface area contributed by atoms with E-state index in [1.807, 2.05) is 30.3 Å². The van der Waals surface area contributed by atoms with Crippen molar-refractivity contribution in [2.75, 3.05) is 0 Å². The first kappa shape index (κ1) is 17.2. The molecule has 116 valence electrons. The van der Waals surface area contributed by atoms with Crippen LogP contribution in [0.2, 0.25) is 0 Å². The van der Waals surface area contributed by atoms with E-state index >= 15 is 0 Å². The van der Waals surface area contributed by atoms with E-state index in [0.29, 0.717) is 24.7 Å². The topological polar surface area (TPSA) is 66.4 Å². The van der Waals surface area contributed by atoms with E-state index in [1.165, 1.54) is 0 Å².